The molecule has 18 heavy (non-hydrogen) atoms. The number of aliphatic hydroxyl groups is 1. The Morgan fingerprint density at radius 2 is 2.11 bits per heavy atom. The fourth-order valence-electron chi connectivity index (χ4n) is 1.65. The number of unbranched alkanes of at least 4 members (excludes halogenated alkanes) is 2. The van der Waals surface area contributed by atoms with Crippen molar-refractivity contribution in [1.29, 1.82) is 0 Å². The average molecular weight is 251 g/mol. The first-order valence-electron chi connectivity index (χ1n) is 6.15. The molecule has 5 heteroatoms. The van der Waals surface area contributed by atoms with Crippen LogP contribution in [0.2, 0.25) is 0 Å². The zero-order valence-electron chi connectivity index (χ0n) is 10.7. The van der Waals surface area contributed by atoms with Crippen molar-refractivity contribution in [3.63, 3.8) is 0 Å². The molecule has 0 saturated heterocycles. The Balaban J connectivity index is 2.49. The molecule has 0 aliphatic carbocycles. The Kier molecular flexibility index (Phi) is 6.00. The van der Waals surface area contributed by atoms with Gasteiger partial charge in [-0.2, -0.15) is 0 Å². The minimum absolute atomic E-state index is 0.142. The normalized spacial score (nSPS) is 10.1. The first kappa shape index (κ1) is 14.3. The molecule has 0 aliphatic heterocycles. The van der Waals surface area contributed by atoms with Crippen LogP contribution in [0.4, 0.5) is 11.4 Å². The maximum Gasteiger partial charge on any atom is 0.251 e. The van der Waals surface area contributed by atoms with E-state index < -0.39 is 0 Å². The van der Waals surface area contributed by atoms with Crippen LogP contribution in [0.25, 0.3) is 0 Å². The molecular formula is C13H21N3O2. The molecule has 0 aromatic heterocycles. The lowest BCUT2D eigenvalue weighted by atomic mass is 10.1. The Bertz CT molecular complexity index is 394. The van der Waals surface area contributed by atoms with Crippen molar-refractivity contribution in [2.24, 2.45) is 0 Å². The number of carbonyl (C=O) groups excluding carboxylic acids is 1. The summed E-state index contributed by atoms with van der Waals surface area (Å²) in [6.45, 7) is 1.05. The highest BCUT2D eigenvalue weighted by molar-refractivity contribution is 5.95. The number of amides is 1. The zero-order chi connectivity index (χ0) is 13.4. The van der Waals surface area contributed by atoms with E-state index in [2.05, 4.69) is 10.6 Å². The first-order chi connectivity index (χ1) is 8.69. The minimum Gasteiger partial charge on any atom is -0.397 e. The number of nitrogens with one attached hydrogen (secondary N) is 2. The maximum atomic E-state index is 11.4. The number of anilines is 2. The van der Waals surface area contributed by atoms with Crippen molar-refractivity contribution in [2.75, 3.05) is 31.2 Å². The van der Waals surface area contributed by atoms with Crippen LogP contribution in [0, 0.1) is 0 Å². The predicted molar refractivity (Wildman–Crippen MR) is 73.7 cm³/mol. The molecule has 0 aliphatic rings. The Hall–Kier alpha value is -1.75. The highest BCUT2D eigenvalue weighted by atomic mass is 16.2. The van der Waals surface area contributed by atoms with Crippen LogP contribution < -0.4 is 16.4 Å². The summed E-state index contributed by atoms with van der Waals surface area (Å²) in [5, 5.41) is 14.4. The van der Waals surface area contributed by atoms with E-state index in [1.54, 1.807) is 19.2 Å². The van der Waals surface area contributed by atoms with Gasteiger partial charge in [-0.1, -0.05) is 0 Å². The van der Waals surface area contributed by atoms with Gasteiger partial charge < -0.3 is 21.5 Å². The van der Waals surface area contributed by atoms with Gasteiger partial charge in [0.15, 0.2) is 0 Å². The summed E-state index contributed by atoms with van der Waals surface area (Å²) >= 11 is 0. The second-order valence-electron chi connectivity index (χ2n) is 4.09. The SMILES string of the molecule is CNC(=O)c1ccc(NCCCCCO)c(N)c1. The van der Waals surface area contributed by atoms with Crippen LogP contribution in [0.3, 0.4) is 0 Å². The molecular weight excluding hydrogens is 230 g/mol. The molecule has 0 fully saturated rings. The van der Waals surface area contributed by atoms with Gasteiger partial charge in [0.2, 0.25) is 0 Å². The summed E-state index contributed by atoms with van der Waals surface area (Å²) in [5.41, 5.74) is 7.84. The predicted octanol–water partition coefficient (Wildman–Crippen LogP) is 1.20. The van der Waals surface area contributed by atoms with Gasteiger partial charge in [-0.3, -0.25) is 4.79 Å². The lowest BCUT2D eigenvalue weighted by molar-refractivity contribution is 0.0963. The number of nitrogen functional groups attached to an aromatic ring is 1. The van der Waals surface area contributed by atoms with Gasteiger partial charge in [-0.05, 0) is 37.5 Å². The second-order valence-corrected chi connectivity index (χ2v) is 4.09. The monoisotopic (exact) mass is 251 g/mol. The highest BCUT2D eigenvalue weighted by Crippen LogP contribution is 2.19. The highest BCUT2D eigenvalue weighted by Gasteiger charge is 2.05. The molecule has 0 spiro atoms. The van der Waals surface area contributed by atoms with Crippen LogP contribution in [-0.4, -0.2) is 31.2 Å². The third kappa shape index (κ3) is 4.25. The van der Waals surface area contributed by atoms with E-state index in [-0.39, 0.29) is 12.5 Å². The lowest BCUT2D eigenvalue weighted by Gasteiger charge is -2.10. The van der Waals surface area contributed by atoms with Crippen LogP contribution in [0.5, 0.6) is 0 Å². The van der Waals surface area contributed by atoms with Crippen molar-refractivity contribution in [3.05, 3.63) is 23.8 Å². The smallest absolute Gasteiger partial charge is 0.251 e. The number of rotatable bonds is 7. The topological polar surface area (TPSA) is 87.4 Å². The number of carbonyl (C=O) groups is 1. The summed E-state index contributed by atoms with van der Waals surface area (Å²) in [7, 11) is 1.59. The maximum absolute atomic E-state index is 11.4. The van der Waals surface area contributed by atoms with E-state index >= 15 is 0 Å². The first-order valence-corrected chi connectivity index (χ1v) is 6.15. The largest absolute Gasteiger partial charge is 0.397 e. The second kappa shape index (κ2) is 7.55. The van der Waals surface area contributed by atoms with Crippen LogP contribution in [-0.2, 0) is 0 Å². The molecule has 0 atom stereocenters. The van der Waals surface area contributed by atoms with E-state index in [0.717, 1.165) is 31.5 Å². The van der Waals surface area contributed by atoms with Gasteiger partial charge in [0, 0.05) is 25.8 Å². The molecule has 0 heterocycles. The van der Waals surface area contributed by atoms with Gasteiger partial charge in [-0.15, -0.1) is 0 Å². The van der Waals surface area contributed by atoms with E-state index in [1.165, 1.54) is 0 Å². The number of benzene rings is 1. The molecule has 0 radical (unpaired) electrons. The third-order valence-corrected chi connectivity index (χ3v) is 2.69. The van der Waals surface area contributed by atoms with Crippen molar-refractivity contribution in [3.8, 4) is 0 Å². The molecule has 1 aromatic rings. The van der Waals surface area contributed by atoms with Gasteiger partial charge in [0.05, 0.1) is 11.4 Å². The fourth-order valence-corrected chi connectivity index (χ4v) is 1.65. The van der Waals surface area contributed by atoms with Crippen LogP contribution >= 0.6 is 0 Å². The van der Waals surface area contributed by atoms with Crippen molar-refractivity contribution in [2.45, 2.75) is 19.3 Å². The fraction of sp³-hybridized carbons (Fsp3) is 0.462. The Morgan fingerprint density at radius 3 is 2.72 bits per heavy atom. The Morgan fingerprint density at radius 1 is 1.33 bits per heavy atom. The molecule has 1 aromatic carbocycles. The standard InChI is InChI=1S/C13H21N3O2/c1-15-13(18)10-5-6-12(11(14)9-10)16-7-3-2-4-8-17/h5-6,9,16-17H,2-4,7-8,14H2,1H3,(H,15,18). The lowest BCUT2D eigenvalue weighted by Crippen LogP contribution is -2.18. The molecule has 100 valence electrons. The number of nitrogens with two attached hydrogens (primary N) is 1. The Labute approximate surface area is 107 Å². The minimum atomic E-state index is -0.142. The number of aliphatic hydroxyl groups excluding tert-OH is 1. The van der Waals surface area contributed by atoms with E-state index in [0.29, 0.717) is 11.3 Å². The van der Waals surface area contributed by atoms with Gasteiger partial charge in [0.1, 0.15) is 0 Å². The summed E-state index contributed by atoms with van der Waals surface area (Å²) in [6, 6.07) is 5.21. The summed E-state index contributed by atoms with van der Waals surface area (Å²) < 4.78 is 0. The number of hydrogen-bond acceptors (Lipinski definition) is 4. The van der Waals surface area contributed by atoms with E-state index in [1.807, 2.05) is 6.07 Å². The zero-order valence-corrected chi connectivity index (χ0v) is 10.7. The van der Waals surface area contributed by atoms with E-state index in [9.17, 15) is 4.79 Å². The van der Waals surface area contributed by atoms with Gasteiger partial charge >= 0.3 is 0 Å². The van der Waals surface area contributed by atoms with Gasteiger partial charge in [-0.25, -0.2) is 0 Å². The molecule has 0 unspecified atom stereocenters. The van der Waals surface area contributed by atoms with Crippen molar-refractivity contribution >= 4 is 17.3 Å². The molecule has 1 rings (SSSR count). The molecule has 1 amide bonds. The number of hydrogen-bond donors (Lipinski definition) is 4. The van der Waals surface area contributed by atoms with Crippen LogP contribution in [0.1, 0.15) is 29.6 Å². The summed E-state index contributed by atoms with van der Waals surface area (Å²) in [4.78, 5) is 11.4. The van der Waals surface area contributed by atoms with Crippen molar-refractivity contribution in [1.82, 2.24) is 5.32 Å². The quantitative estimate of drug-likeness (QED) is 0.433. The average Bonchev–Trinajstić information content (AvgIpc) is 2.39. The third-order valence-electron chi connectivity index (χ3n) is 2.69. The molecule has 5 nitrogen and oxygen atoms in total. The molecule has 0 bridgehead atoms. The van der Waals surface area contributed by atoms with Gasteiger partial charge in [0.25, 0.3) is 5.91 Å². The summed E-state index contributed by atoms with van der Waals surface area (Å²) in [5.74, 6) is -0.142. The van der Waals surface area contributed by atoms with E-state index in [4.69, 9.17) is 10.8 Å². The molecule has 5 N–H and O–H groups in total. The van der Waals surface area contributed by atoms with Crippen LogP contribution in [0.15, 0.2) is 18.2 Å². The molecule has 0 saturated carbocycles. The van der Waals surface area contributed by atoms with Crippen molar-refractivity contribution < 1.29 is 9.90 Å². The summed E-state index contributed by atoms with van der Waals surface area (Å²) in [6.07, 6.45) is 2.80.